The second-order valence-corrected chi connectivity index (χ2v) is 4.84. The fraction of sp³-hybridized carbons (Fsp3) is 0.0588. The molecule has 0 aliphatic rings. The molecular weight excluding hydrogens is 278 g/mol. The summed E-state index contributed by atoms with van der Waals surface area (Å²) in [5.41, 5.74) is 4.75. The van der Waals surface area contributed by atoms with Crippen LogP contribution in [0.15, 0.2) is 65.9 Å². The van der Waals surface area contributed by atoms with Crippen LogP contribution in [0.2, 0.25) is 0 Å². The van der Waals surface area contributed by atoms with Crippen LogP contribution in [0.5, 0.6) is 0 Å². The number of fused-ring (bicyclic) bond motifs is 1. The van der Waals surface area contributed by atoms with E-state index in [1.807, 2.05) is 36.5 Å². The molecule has 3 rings (SSSR count). The summed E-state index contributed by atoms with van der Waals surface area (Å²) in [5.74, 6) is -0.567. The third-order valence-electron chi connectivity index (χ3n) is 3.36. The zero-order valence-corrected chi connectivity index (χ0v) is 11.7. The summed E-state index contributed by atoms with van der Waals surface area (Å²) in [4.78, 5) is 15.0. The van der Waals surface area contributed by atoms with Crippen LogP contribution in [0.3, 0.4) is 0 Å². The van der Waals surface area contributed by atoms with E-state index in [2.05, 4.69) is 15.5 Å². The van der Waals surface area contributed by atoms with E-state index in [1.54, 1.807) is 30.5 Å². The minimum absolute atomic E-state index is 0.530. The predicted molar refractivity (Wildman–Crippen MR) is 85.4 cm³/mol. The van der Waals surface area contributed by atoms with Crippen LogP contribution in [0.1, 0.15) is 17.2 Å². The normalized spacial score (nSPS) is 12.6. The number of nitrogens with zero attached hydrogens (tertiary/aromatic N) is 1. The molecule has 5 nitrogen and oxygen atoms in total. The molecule has 0 radical (unpaired) electrons. The van der Waals surface area contributed by atoms with E-state index in [-0.39, 0.29) is 0 Å². The minimum atomic E-state index is -1.23. The van der Waals surface area contributed by atoms with Gasteiger partial charge in [-0.05, 0) is 11.6 Å². The Bertz CT molecular complexity index is 809. The van der Waals surface area contributed by atoms with E-state index < -0.39 is 12.0 Å². The van der Waals surface area contributed by atoms with Crippen LogP contribution in [0.25, 0.3) is 10.9 Å². The molecule has 1 atom stereocenters. The quantitative estimate of drug-likeness (QED) is 0.510. The summed E-state index contributed by atoms with van der Waals surface area (Å²) in [6, 6.07) is 16.5. The monoisotopic (exact) mass is 293 g/mol. The molecule has 0 bridgehead atoms. The average molecular weight is 293 g/mol. The minimum Gasteiger partial charge on any atom is -0.378 e. The third-order valence-corrected chi connectivity index (χ3v) is 3.36. The summed E-state index contributed by atoms with van der Waals surface area (Å²) in [6.07, 6.45) is 2.13. The first-order valence-electron chi connectivity index (χ1n) is 6.88. The van der Waals surface area contributed by atoms with Gasteiger partial charge in [0.2, 0.25) is 0 Å². The maximum absolute atomic E-state index is 11.9. The second kappa shape index (κ2) is 6.24. The highest BCUT2D eigenvalue weighted by molar-refractivity contribution is 5.99. The van der Waals surface area contributed by atoms with Gasteiger partial charge in [0.1, 0.15) is 0 Å². The maximum Gasteiger partial charge on any atom is 0.273 e. The Morgan fingerprint density at radius 1 is 1.14 bits per heavy atom. The molecule has 1 heterocycles. The highest BCUT2D eigenvalue weighted by Gasteiger charge is 2.15. The number of aliphatic hydroxyl groups is 1. The molecule has 110 valence electrons. The Kier molecular flexibility index (Phi) is 3.98. The Labute approximate surface area is 127 Å². The molecule has 22 heavy (non-hydrogen) atoms. The summed E-state index contributed by atoms with van der Waals surface area (Å²) >= 11 is 0. The fourth-order valence-electron chi connectivity index (χ4n) is 2.21. The molecule has 3 aromatic rings. The van der Waals surface area contributed by atoms with E-state index in [4.69, 9.17) is 0 Å². The van der Waals surface area contributed by atoms with Crippen molar-refractivity contribution in [2.45, 2.75) is 6.10 Å². The van der Waals surface area contributed by atoms with Gasteiger partial charge in [-0.1, -0.05) is 48.5 Å². The number of amides is 1. The number of carbonyl (C=O) groups excluding carboxylic acids is 1. The largest absolute Gasteiger partial charge is 0.378 e. The number of aliphatic hydroxyl groups excluding tert-OH is 1. The van der Waals surface area contributed by atoms with Gasteiger partial charge in [-0.2, -0.15) is 5.10 Å². The van der Waals surface area contributed by atoms with E-state index >= 15 is 0 Å². The number of aromatic nitrogens is 1. The Balaban J connectivity index is 1.68. The number of carbonyl (C=O) groups is 1. The van der Waals surface area contributed by atoms with Gasteiger partial charge in [0.25, 0.3) is 5.91 Å². The van der Waals surface area contributed by atoms with Crippen LogP contribution < -0.4 is 5.43 Å². The number of hydrogen-bond donors (Lipinski definition) is 3. The number of hydrazone groups is 1. The topological polar surface area (TPSA) is 77.5 Å². The van der Waals surface area contributed by atoms with Crippen LogP contribution in [-0.4, -0.2) is 22.2 Å². The fourth-order valence-corrected chi connectivity index (χ4v) is 2.21. The van der Waals surface area contributed by atoms with Crippen molar-refractivity contribution in [2.75, 3.05) is 0 Å². The number of para-hydroxylation sites is 1. The molecule has 0 spiro atoms. The lowest BCUT2D eigenvalue weighted by Gasteiger charge is -2.08. The average Bonchev–Trinajstić information content (AvgIpc) is 2.98. The predicted octanol–water partition coefficient (Wildman–Crippen LogP) is 2.35. The maximum atomic E-state index is 11.9. The van der Waals surface area contributed by atoms with E-state index in [0.29, 0.717) is 5.56 Å². The first-order chi connectivity index (χ1) is 10.8. The molecule has 0 aliphatic heterocycles. The second-order valence-electron chi connectivity index (χ2n) is 4.84. The zero-order chi connectivity index (χ0) is 15.4. The Morgan fingerprint density at radius 2 is 1.86 bits per heavy atom. The van der Waals surface area contributed by atoms with Crippen LogP contribution in [0, 0.1) is 0 Å². The van der Waals surface area contributed by atoms with Crippen molar-refractivity contribution in [1.82, 2.24) is 10.4 Å². The summed E-state index contributed by atoms with van der Waals surface area (Å²) in [5, 5.41) is 14.8. The third kappa shape index (κ3) is 2.89. The molecule has 1 aromatic heterocycles. The molecule has 1 unspecified atom stereocenters. The standard InChI is InChI=1S/C17H15N3O2/c21-16(12-6-2-1-3-7-12)17(22)20-19-11-13-10-18-15-9-5-4-8-14(13)15/h1-11,16,18,21H,(H,20,22). The number of benzene rings is 2. The molecule has 0 saturated carbocycles. The number of aromatic amines is 1. The van der Waals surface area contributed by atoms with Gasteiger partial charge in [0, 0.05) is 22.7 Å². The van der Waals surface area contributed by atoms with Crippen molar-refractivity contribution < 1.29 is 9.90 Å². The lowest BCUT2D eigenvalue weighted by atomic mass is 10.1. The number of hydrogen-bond acceptors (Lipinski definition) is 3. The zero-order valence-electron chi connectivity index (χ0n) is 11.7. The summed E-state index contributed by atoms with van der Waals surface area (Å²) in [6.45, 7) is 0. The van der Waals surface area contributed by atoms with Crippen LogP contribution in [-0.2, 0) is 4.79 Å². The number of H-pyrrole nitrogens is 1. The van der Waals surface area contributed by atoms with Crippen molar-refractivity contribution >= 4 is 23.0 Å². The lowest BCUT2D eigenvalue weighted by Crippen LogP contribution is -2.25. The molecular formula is C17H15N3O2. The van der Waals surface area contributed by atoms with Crippen molar-refractivity contribution in [1.29, 1.82) is 0 Å². The van der Waals surface area contributed by atoms with Gasteiger partial charge < -0.3 is 10.1 Å². The molecule has 0 fully saturated rings. The van der Waals surface area contributed by atoms with Gasteiger partial charge in [-0.15, -0.1) is 0 Å². The van der Waals surface area contributed by atoms with Gasteiger partial charge in [0.05, 0.1) is 6.21 Å². The van der Waals surface area contributed by atoms with Gasteiger partial charge in [0.15, 0.2) is 6.10 Å². The van der Waals surface area contributed by atoms with E-state index in [9.17, 15) is 9.90 Å². The smallest absolute Gasteiger partial charge is 0.273 e. The van der Waals surface area contributed by atoms with Gasteiger partial charge >= 0.3 is 0 Å². The van der Waals surface area contributed by atoms with Gasteiger partial charge in [-0.25, -0.2) is 5.43 Å². The highest BCUT2D eigenvalue weighted by atomic mass is 16.3. The van der Waals surface area contributed by atoms with E-state index in [1.165, 1.54) is 0 Å². The van der Waals surface area contributed by atoms with Crippen molar-refractivity contribution in [3.05, 3.63) is 71.9 Å². The van der Waals surface area contributed by atoms with Crippen LogP contribution in [0.4, 0.5) is 0 Å². The lowest BCUT2D eigenvalue weighted by molar-refractivity contribution is -0.129. The molecule has 3 N–H and O–H groups in total. The van der Waals surface area contributed by atoms with E-state index in [0.717, 1.165) is 16.5 Å². The van der Waals surface area contributed by atoms with Crippen molar-refractivity contribution in [3.63, 3.8) is 0 Å². The molecule has 2 aromatic carbocycles. The molecule has 5 heteroatoms. The molecule has 0 aliphatic carbocycles. The SMILES string of the molecule is O=C(NN=Cc1c[nH]c2ccccc12)C(O)c1ccccc1. The highest BCUT2D eigenvalue weighted by Crippen LogP contribution is 2.15. The number of rotatable bonds is 4. The van der Waals surface area contributed by atoms with Crippen molar-refractivity contribution in [3.8, 4) is 0 Å². The Hall–Kier alpha value is -2.92. The first kappa shape index (κ1) is 14.0. The summed E-state index contributed by atoms with van der Waals surface area (Å²) < 4.78 is 0. The van der Waals surface area contributed by atoms with Crippen LogP contribution >= 0.6 is 0 Å². The van der Waals surface area contributed by atoms with Gasteiger partial charge in [-0.3, -0.25) is 4.79 Å². The van der Waals surface area contributed by atoms with Crippen molar-refractivity contribution in [2.24, 2.45) is 5.10 Å². The number of nitrogens with one attached hydrogen (secondary N) is 2. The first-order valence-corrected chi connectivity index (χ1v) is 6.88. The molecule has 0 saturated heterocycles. The Morgan fingerprint density at radius 3 is 2.68 bits per heavy atom. The molecule has 1 amide bonds. The summed E-state index contributed by atoms with van der Waals surface area (Å²) in [7, 11) is 0.